The minimum Gasteiger partial charge on any atom is -0.366 e. The lowest BCUT2D eigenvalue weighted by Crippen LogP contribution is -2.47. The first-order valence-corrected chi connectivity index (χ1v) is 16.3. The van der Waals surface area contributed by atoms with E-state index in [-0.39, 0.29) is 41.7 Å². The second-order valence-corrected chi connectivity index (χ2v) is 13.1. The molecule has 4 aromatic rings. The standard InChI is InChI=1S/C33H32F3N5O3S/c34-24-9-7-23(8-10-24)29-22-26(37-33(38-29)40-20-18-39(19-21-40)30-5-2-1-4-28(30)36)13-16-32(42)31-6-3-17-41(31)45(43,44)27-14-11-25(35)12-15-27/h1-2,4-5,7-12,14-15,22,31H,3,6,13,16-21H2/t31-/m0/s1. The summed E-state index contributed by atoms with van der Waals surface area (Å²) in [5, 5.41) is 0. The van der Waals surface area contributed by atoms with Crippen LogP contribution in [0.25, 0.3) is 11.3 Å². The molecule has 2 saturated heterocycles. The van der Waals surface area contributed by atoms with Gasteiger partial charge < -0.3 is 9.80 Å². The molecule has 12 heteroatoms. The molecular formula is C33H32F3N5O3S. The fourth-order valence-corrected chi connectivity index (χ4v) is 7.56. The van der Waals surface area contributed by atoms with E-state index in [9.17, 15) is 26.4 Å². The summed E-state index contributed by atoms with van der Waals surface area (Å²) in [4.78, 5) is 26.9. The van der Waals surface area contributed by atoms with E-state index in [1.165, 1.54) is 34.6 Å². The van der Waals surface area contributed by atoms with Crippen LogP contribution < -0.4 is 9.80 Å². The molecule has 0 bridgehead atoms. The Morgan fingerprint density at radius 3 is 2.13 bits per heavy atom. The minimum atomic E-state index is -3.97. The summed E-state index contributed by atoms with van der Waals surface area (Å²) in [6, 6.07) is 18.2. The molecule has 2 aliphatic heterocycles. The van der Waals surface area contributed by atoms with Crippen molar-refractivity contribution in [2.45, 2.75) is 36.6 Å². The number of piperazine rings is 1. The fraction of sp³-hybridized carbons (Fsp3) is 0.303. The van der Waals surface area contributed by atoms with Crippen LogP contribution in [-0.4, -0.2) is 67.2 Å². The van der Waals surface area contributed by atoms with Crippen LogP contribution in [0.3, 0.4) is 0 Å². The van der Waals surface area contributed by atoms with E-state index < -0.39 is 21.9 Å². The number of anilines is 2. The summed E-state index contributed by atoms with van der Waals surface area (Å²) in [5.74, 6) is -0.966. The lowest BCUT2D eigenvalue weighted by Gasteiger charge is -2.36. The van der Waals surface area contributed by atoms with Gasteiger partial charge in [0.05, 0.1) is 22.3 Å². The molecule has 45 heavy (non-hydrogen) atoms. The Bertz CT molecular complexity index is 1780. The number of nitrogens with zero attached hydrogens (tertiary/aromatic N) is 5. The summed E-state index contributed by atoms with van der Waals surface area (Å²) in [6.07, 6.45) is 1.25. The van der Waals surface area contributed by atoms with Gasteiger partial charge in [-0.25, -0.2) is 31.6 Å². The molecule has 6 rings (SSSR count). The lowest BCUT2D eigenvalue weighted by atomic mass is 10.0. The highest BCUT2D eigenvalue weighted by Crippen LogP contribution is 2.29. The van der Waals surface area contributed by atoms with Crippen molar-refractivity contribution in [1.29, 1.82) is 0 Å². The van der Waals surface area contributed by atoms with E-state index in [4.69, 9.17) is 9.97 Å². The number of Topliss-reactive ketones (excluding diaryl/α,β-unsaturated/α-hetero) is 1. The average Bonchev–Trinajstić information content (AvgIpc) is 3.56. The van der Waals surface area contributed by atoms with Crippen LogP contribution in [0.1, 0.15) is 25.0 Å². The molecule has 0 radical (unpaired) electrons. The molecule has 3 aromatic carbocycles. The maximum Gasteiger partial charge on any atom is 0.243 e. The first kappa shape index (κ1) is 30.7. The number of halogens is 3. The number of sulfonamides is 1. The minimum absolute atomic E-state index is 0.0527. The van der Waals surface area contributed by atoms with Crippen LogP contribution >= 0.6 is 0 Å². The van der Waals surface area contributed by atoms with Crippen molar-refractivity contribution in [2.75, 3.05) is 42.5 Å². The number of hydrogen-bond donors (Lipinski definition) is 0. The third kappa shape index (κ3) is 6.71. The van der Waals surface area contributed by atoms with Crippen LogP contribution in [0.4, 0.5) is 24.8 Å². The molecule has 1 atom stereocenters. The first-order valence-electron chi connectivity index (χ1n) is 14.9. The van der Waals surface area contributed by atoms with Crippen LogP contribution in [0.2, 0.25) is 0 Å². The van der Waals surface area contributed by atoms with Gasteiger partial charge in [0.2, 0.25) is 16.0 Å². The SMILES string of the molecule is O=C(CCc1cc(-c2ccc(F)cc2)nc(N2CCN(c3ccccc3F)CC2)n1)[C@@H]1CCCN1S(=O)(=O)c1ccc(F)cc1. The predicted molar refractivity (Wildman–Crippen MR) is 165 cm³/mol. The Balaban J connectivity index is 1.20. The first-order chi connectivity index (χ1) is 21.7. The van der Waals surface area contributed by atoms with Gasteiger partial charge in [0.1, 0.15) is 17.5 Å². The summed E-state index contributed by atoms with van der Waals surface area (Å²) in [6.45, 7) is 2.40. The molecule has 8 nitrogen and oxygen atoms in total. The Labute approximate surface area is 260 Å². The number of carbonyl (C=O) groups is 1. The van der Waals surface area contributed by atoms with Crippen LogP contribution in [0, 0.1) is 17.5 Å². The molecular weight excluding hydrogens is 603 g/mol. The van der Waals surface area contributed by atoms with Gasteiger partial charge in [0, 0.05) is 50.4 Å². The number of ketones is 1. The average molecular weight is 636 g/mol. The lowest BCUT2D eigenvalue weighted by molar-refractivity contribution is -0.122. The maximum atomic E-state index is 14.4. The Morgan fingerprint density at radius 1 is 0.800 bits per heavy atom. The number of carbonyl (C=O) groups excluding carboxylic acids is 1. The van der Waals surface area contributed by atoms with E-state index in [1.54, 1.807) is 36.4 Å². The van der Waals surface area contributed by atoms with Crippen molar-refractivity contribution in [3.8, 4) is 11.3 Å². The number of benzene rings is 3. The largest absolute Gasteiger partial charge is 0.366 e. The van der Waals surface area contributed by atoms with Crippen LogP contribution in [-0.2, 0) is 21.2 Å². The van der Waals surface area contributed by atoms with Gasteiger partial charge in [-0.15, -0.1) is 0 Å². The van der Waals surface area contributed by atoms with Crippen molar-refractivity contribution >= 4 is 27.4 Å². The zero-order valence-electron chi connectivity index (χ0n) is 24.4. The highest BCUT2D eigenvalue weighted by molar-refractivity contribution is 7.89. The Hall–Kier alpha value is -4.29. The molecule has 0 saturated carbocycles. The number of aromatic nitrogens is 2. The molecule has 2 aliphatic rings. The number of rotatable bonds is 9. The zero-order chi connectivity index (χ0) is 31.6. The number of hydrogen-bond acceptors (Lipinski definition) is 7. The molecule has 0 amide bonds. The van der Waals surface area contributed by atoms with E-state index in [2.05, 4.69) is 0 Å². The van der Waals surface area contributed by atoms with Gasteiger partial charge >= 0.3 is 0 Å². The van der Waals surface area contributed by atoms with Crippen molar-refractivity contribution in [3.63, 3.8) is 0 Å². The molecule has 0 spiro atoms. The van der Waals surface area contributed by atoms with Gasteiger partial charge in [-0.2, -0.15) is 4.31 Å². The van der Waals surface area contributed by atoms with E-state index in [1.807, 2.05) is 9.80 Å². The topological polar surface area (TPSA) is 86.7 Å². The van der Waals surface area contributed by atoms with Crippen molar-refractivity contribution in [3.05, 3.63) is 102 Å². The number of para-hydroxylation sites is 1. The highest BCUT2D eigenvalue weighted by atomic mass is 32.2. The fourth-order valence-electron chi connectivity index (χ4n) is 5.89. The van der Waals surface area contributed by atoms with E-state index in [0.717, 1.165) is 12.1 Å². The number of aryl methyl sites for hydroxylation is 1. The van der Waals surface area contributed by atoms with Crippen molar-refractivity contribution in [2.24, 2.45) is 0 Å². The summed E-state index contributed by atoms with van der Waals surface area (Å²) in [5.41, 5.74) is 2.39. The second kappa shape index (κ2) is 13.0. The normalized spacial score (nSPS) is 17.5. The second-order valence-electron chi connectivity index (χ2n) is 11.2. The Morgan fingerprint density at radius 2 is 1.44 bits per heavy atom. The van der Waals surface area contributed by atoms with E-state index in [0.29, 0.717) is 67.6 Å². The summed E-state index contributed by atoms with van der Waals surface area (Å²) >= 11 is 0. The van der Waals surface area contributed by atoms with Gasteiger partial charge in [-0.1, -0.05) is 12.1 Å². The molecule has 1 aromatic heterocycles. The molecule has 0 N–H and O–H groups in total. The van der Waals surface area contributed by atoms with E-state index >= 15 is 0 Å². The predicted octanol–water partition coefficient (Wildman–Crippen LogP) is 5.24. The molecule has 2 fully saturated rings. The third-order valence-corrected chi connectivity index (χ3v) is 10.2. The quantitative estimate of drug-likeness (QED) is 0.249. The van der Waals surface area contributed by atoms with Crippen LogP contribution in [0.15, 0.2) is 83.8 Å². The van der Waals surface area contributed by atoms with Gasteiger partial charge in [0.25, 0.3) is 0 Å². The van der Waals surface area contributed by atoms with Crippen molar-refractivity contribution < 1.29 is 26.4 Å². The molecule has 0 aliphatic carbocycles. The monoisotopic (exact) mass is 635 g/mol. The van der Waals surface area contributed by atoms with Gasteiger partial charge in [-0.05, 0) is 86.0 Å². The summed E-state index contributed by atoms with van der Waals surface area (Å²) in [7, 11) is -3.97. The zero-order valence-corrected chi connectivity index (χ0v) is 25.3. The Kier molecular flexibility index (Phi) is 8.86. The molecule has 234 valence electrons. The molecule has 0 unspecified atom stereocenters. The third-order valence-electron chi connectivity index (χ3n) is 8.29. The van der Waals surface area contributed by atoms with Crippen LogP contribution in [0.5, 0.6) is 0 Å². The molecule has 3 heterocycles. The van der Waals surface area contributed by atoms with Crippen molar-refractivity contribution in [1.82, 2.24) is 14.3 Å². The summed E-state index contributed by atoms with van der Waals surface area (Å²) < 4.78 is 69.3. The smallest absolute Gasteiger partial charge is 0.243 e. The van der Waals surface area contributed by atoms with Gasteiger partial charge in [0.15, 0.2) is 5.78 Å². The maximum absolute atomic E-state index is 14.4. The highest BCUT2D eigenvalue weighted by Gasteiger charge is 2.39. The van der Waals surface area contributed by atoms with Gasteiger partial charge in [-0.3, -0.25) is 4.79 Å².